The van der Waals surface area contributed by atoms with Crippen molar-refractivity contribution in [2.75, 3.05) is 39.3 Å². The number of aromatic nitrogens is 13. The van der Waals surface area contributed by atoms with Gasteiger partial charge in [0.15, 0.2) is 17.1 Å². The van der Waals surface area contributed by atoms with Crippen LogP contribution in [-0.2, 0) is 7.05 Å². The highest BCUT2D eigenvalue weighted by Crippen LogP contribution is 2.32. The van der Waals surface area contributed by atoms with Gasteiger partial charge in [-0.05, 0) is 202 Å². The van der Waals surface area contributed by atoms with E-state index in [0.717, 1.165) is 151 Å². The quantitative estimate of drug-likeness (QED) is 0.143. The Kier molecular flexibility index (Phi) is 14.3. The standard InChI is InChI=1S/2C22H23N5.C21H22N6/c1-14-12-27-13-21(25-15(2)22(27)24-14)18-4-6-20-17(11-18)3-5-19(26-20)16-7-9-23-10-8-16;1-14-11-21(26-27-13-15(2)24-22(14)27)18-4-6-20-17(12-18)3-5-19(25-20)16-7-9-23-10-8-16;1-13-9-16(10-17-12-27(2)26-20(13)17)21-23-18-4-3-15(11-19(18)24-25-21)14-5-7-22-8-6-14/h2*3-6,11-13,16,23H,7-10H2,1-2H3;3-4,9-12,14,22H,5-8H2,1-2H3. The molecule has 11 heterocycles. The van der Waals surface area contributed by atoms with E-state index in [1.807, 2.05) is 55.6 Å². The molecule has 408 valence electrons. The van der Waals surface area contributed by atoms with Crippen molar-refractivity contribution in [2.45, 2.75) is 90.9 Å². The van der Waals surface area contributed by atoms with Crippen molar-refractivity contribution in [3.05, 3.63) is 167 Å². The molecule has 12 aromatic rings. The van der Waals surface area contributed by atoms with Gasteiger partial charge in [-0.3, -0.25) is 14.6 Å². The van der Waals surface area contributed by atoms with Crippen LogP contribution in [0.4, 0.5) is 0 Å². The molecule has 0 radical (unpaired) electrons. The number of imidazole rings is 2. The van der Waals surface area contributed by atoms with Gasteiger partial charge in [-0.15, -0.1) is 10.2 Å². The number of aryl methyl sites for hydroxylation is 6. The minimum Gasteiger partial charge on any atom is -0.317 e. The number of fused-ring (bicyclic) bond motifs is 6. The molecule has 0 bridgehead atoms. The summed E-state index contributed by atoms with van der Waals surface area (Å²) >= 11 is 0. The summed E-state index contributed by atoms with van der Waals surface area (Å²) in [6.45, 7) is 16.7. The molecule has 3 saturated heterocycles. The fourth-order valence-electron chi connectivity index (χ4n) is 12.1. The summed E-state index contributed by atoms with van der Waals surface area (Å²) in [5.41, 5.74) is 20.8. The van der Waals surface area contributed by atoms with E-state index in [1.165, 1.54) is 55.5 Å². The Morgan fingerprint density at radius 2 is 1.02 bits per heavy atom. The van der Waals surface area contributed by atoms with Gasteiger partial charge in [0.25, 0.3) is 0 Å². The van der Waals surface area contributed by atoms with E-state index in [4.69, 9.17) is 25.0 Å². The largest absolute Gasteiger partial charge is 0.317 e. The Hall–Kier alpha value is -8.44. The molecule has 4 aromatic carbocycles. The molecule has 3 aliphatic rings. The first-order chi connectivity index (χ1) is 39.5. The molecule has 0 saturated carbocycles. The highest BCUT2D eigenvalue weighted by molar-refractivity contribution is 5.88. The van der Waals surface area contributed by atoms with E-state index in [-0.39, 0.29) is 0 Å². The Labute approximate surface area is 471 Å². The van der Waals surface area contributed by atoms with Crippen molar-refractivity contribution >= 4 is 55.0 Å². The Bertz CT molecular complexity index is 3850. The minimum atomic E-state index is 0.575. The van der Waals surface area contributed by atoms with E-state index in [0.29, 0.717) is 23.6 Å². The number of hydrogen-bond acceptors (Lipinski definition) is 13. The van der Waals surface area contributed by atoms with Crippen LogP contribution in [-0.4, -0.2) is 103 Å². The molecule has 0 spiro atoms. The Balaban J connectivity index is 0.000000114. The predicted octanol–water partition coefficient (Wildman–Crippen LogP) is 11.4. The van der Waals surface area contributed by atoms with Gasteiger partial charge in [-0.1, -0.05) is 30.3 Å². The van der Waals surface area contributed by atoms with Crippen LogP contribution in [0.1, 0.15) is 101 Å². The molecule has 0 atom stereocenters. The smallest absolute Gasteiger partial charge is 0.182 e. The van der Waals surface area contributed by atoms with Gasteiger partial charge in [0, 0.05) is 81.7 Å². The molecule has 16 nitrogen and oxygen atoms in total. The molecule has 81 heavy (non-hydrogen) atoms. The van der Waals surface area contributed by atoms with Gasteiger partial charge in [0.2, 0.25) is 0 Å². The summed E-state index contributed by atoms with van der Waals surface area (Å²) in [6.07, 6.45) is 15.1. The van der Waals surface area contributed by atoms with Crippen molar-refractivity contribution in [1.82, 2.24) is 79.8 Å². The van der Waals surface area contributed by atoms with Gasteiger partial charge >= 0.3 is 0 Å². The Morgan fingerprint density at radius 3 is 1.69 bits per heavy atom. The SMILES string of the molecule is Cc1cc(-c2nnc3cc(C4CCNCC4)ccc3n2)cc2cn(C)nc12.Cc1cn2cc(-c3ccc4nc(C5CCNCC5)ccc4c3)nc(C)c2n1.Cc1cn2nc(-c3ccc4nc(C5CCNCC5)ccc4c3)cc(C)c2n1. The molecular weight excluding hydrogens is 1000 g/mol. The van der Waals surface area contributed by atoms with E-state index >= 15 is 0 Å². The van der Waals surface area contributed by atoms with Gasteiger partial charge in [-0.2, -0.15) is 10.2 Å². The number of piperidine rings is 3. The Morgan fingerprint density at radius 1 is 0.432 bits per heavy atom. The van der Waals surface area contributed by atoms with Crippen LogP contribution >= 0.6 is 0 Å². The molecule has 0 amide bonds. The van der Waals surface area contributed by atoms with Crippen molar-refractivity contribution in [2.24, 2.45) is 7.05 Å². The number of pyridine rings is 2. The maximum atomic E-state index is 4.94. The molecule has 15 rings (SSSR count). The van der Waals surface area contributed by atoms with Crippen LogP contribution in [0.15, 0.2) is 122 Å². The van der Waals surface area contributed by atoms with Crippen LogP contribution in [0.2, 0.25) is 0 Å². The predicted molar refractivity (Wildman–Crippen MR) is 323 cm³/mol. The molecule has 8 aromatic heterocycles. The van der Waals surface area contributed by atoms with Gasteiger partial charge < -0.3 is 20.4 Å². The third-order valence-corrected chi connectivity index (χ3v) is 16.4. The van der Waals surface area contributed by atoms with E-state index in [2.05, 4.69) is 163 Å². The summed E-state index contributed by atoms with van der Waals surface area (Å²) < 4.78 is 5.78. The second kappa shape index (κ2) is 22.2. The zero-order valence-electron chi connectivity index (χ0n) is 47.1. The van der Waals surface area contributed by atoms with Crippen molar-refractivity contribution in [1.29, 1.82) is 0 Å². The third-order valence-electron chi connectivity index (χ3n) is 16.4. The van der Waals surface area contributed by atoms with Crippen LogP contribution in [0.5, 0.6) is 0 Å². The molecule has 16 heteroatoms. The average molecular weight is 1070 g/mol. The normalized spacial score (nSPS) is 15.6. The second-order valence-corrected chi connectivity index (χ2v) is 22.5. The number of hydrogen-bond donors (Lipinski definition) is 3. The first-order valence-corrected chi connectivity index (χ1v) is 28.7. The first kappa shape index (κ1) is 52.0. The molecule has 3 aliphatic heterocycles. The monoisotopic (exact) mass is 1070 g/mol. The van der Waals surface area contributed by atoms with Gasteiger partial charge in [0.05, 0.1) is 56.7 Å². The minimum absolute atomic E-state index is 0.575. The van der Waals surface area contributed by atoms with E-state index in [9.17, 15) is 0 Å². The van der Waals surface area contributed by atoms with Crippen molar-refractivity contribution in [3.63, 3.8) is 0 Å². The lowest BCUT2D eigenvalue weighted by Crippen LogP contribution is -2.27. The maximum absolute atomic E-state index is 4.94. The van der Waals surface area contributed by atoms with Gasteiger partial charge in [0.1, 0.15) is 5.52 Å². The lowest BCUT2D eigenvalue weighted by Gasteiger charge is -2.23. The highest BCUT2D eigenvalue weighted by Gasteiger charge is 2.20. The van der Waals surface area contributed by atoms with Crippen LogP contribution in [0, 0.1) is 34.6 Å². The third kappa shape index (κ3) is 11.0. The summed E-state index contributed by atoms with van der Waals surface area (Å²) in [5, 5.41) is 31.8. The summed E-state index contributed by atoms with van der Waals surface area (Å²) in [4.78, 5) is 28.5. The number of benzene rings is 4. The fraction of sp³-hybridized carbons (Fsp3) is 0.323. The lowest BCUT2D eigenvalue weighted by molar-refractivity contribution is 0.454. The van der Waals surface area contributed by atoms with Crippen molar-refractivity contribution in [3.8, 4) is 33.9 Å². The molecule has 0 aliphatic carbocycles. The van der Waals surface area contributed by atoms with E-state index in [1.54, 1.807) is 0 Å². The summed E-state index contributed by atoms with van der Waals surface area (Å²) in [6, 6.07) is 34.4. The molecule has 0 unspecified atom stereocenters. The number of rotatable bonds is 6. The zero-order chi connectivity index (χ0) is 55.1. The summed E-state index contributed by atoms with van der Waals surface area (Å²) in [7, 11) is 1.94. The van der Waals surface area contributed by atoms with Crippen molar-refractivity contribution < 1.29 is 0 Å². The first-order valence-electron chi connectivity index (χ1n) is 28.7. The second-order valence-electron chi connectivity index (χ2n) is 22.5. The summed E-state index contributed by atoms with van der Waals surface area (Å²) in [5.74, 6) is 2.41. The molecular formula is C65H68N16. The van der Waals surface area contributed by atoms with Crippen LogP contribution in [0.3, 0.4) is 0 Å². The van der Waals surface area contributed by atoms with Crippen LogP contribution < -0.4 is 16.0 Å². The van der Waals surface area contributed by atoms with Gasteiger partial charge in [-0.25, -0.2) is 24.5 Å². The zero-order valence-corrected chi connectivity index (χ0v) is 47.1. The number of nitrogens with one attached hydrogen (secondary N) is 3. The molecule has 3 fully saturated rings. The van der Waals surface area contributed by atoms with E-state index < -0.39 is 0 Å². The lowest BCUT2D eigenvalue weighted by atomic mass is 9.90. The number of nitrogens with zero attached hydrogens (tertiary/aromatic N) is 13. The highest BCUT2D eigenvalue weighted by atomic mass is 15.3. The molecule has 3 N–H and O–H groups in total. The topological polar surface area (TPSA) is 179 Å². The average Bonchev–Trinajstić information content (AvgIpc) is 4.34. The fourth-order valence-corrected chi connectivity index (χ4v) is 12.1. The van der Waals surface area contributed by atoms with Crippen LogP contribution in [0.25, 0.3) is 88.9 Å². The maximum Gasteiger partial charge on any atom is 0.182 e.